The smallest absolute Gasteiger partial charge is 0.206 e. The van der Waals surface area contributed by atoms with Crippen molar-refractivity contribution in [3.05, 3.63) is 53.9 Å². The van der Waals surface area contributed by atoms with E-state index in [-0.39, 0.29) is 5.78 Å². The molecule has 3 aromatic rings. The predicted octanol–water partition coefficient (Wildman–Crippen LogP) is 3.34. The number of hydrogen-bond donors (Lipinski definition) is 0. The van der Waals surface area contributed by atoms with E-state index < -0.39 is 0 Å². The van der Waals surface area contributed by atoms with Gasteiger partial charge in [-0.1, -0.05) is 6.07 Å². The quantitative estimate of drug-likeness (QED) is 0.547. The predicted molar refractivity (Wildman–Crippen MR) is 110 cm³/mol. The van der Waals surface area contributed by atoms with Gasteiger partial charge in [-0.3, -0.25) is 4.79 Å². The molecule has 0 aliphatic rings. The Labute approximate surface area is 170 Å². The minimum absolute atomic E-state index is 0.0865. The van der Waals surface area contributed by atoms with Crippen LogP contribution in [0.1, 0.15) is 18.2 Å². The fourth-order valence-corrected chi connectivity index (χ4v) is 3.47. The molecular weight excluding hydrogens is 370 g/mol. The first-order valence-electron chi connectivity index (χ1n) is 9.28. The summed E-state index contributed by atoms with van der Waals surface area (Å²) in [6.07, 6.45) is 2.55. The minimum atomic E-state index is 0.0865. The third kappa shape index (κ3) is 4.26. The van der Waals surface area contributed by atoms with E-state index in [1.807, 2.05) is 47.2 Å². The van der Waals surface area contributed by atoms with Crippen molar-refractivity contribution < 1.29 is 28.3 Å². The van der Waals surface area contributed by atoms with Gasteiger partial charge in [0, 0.05) is 13.0 Å². The molecule has 1 aromatic heterocycles. The number of fused-ring (bicyclic) bond motifs is 1. The van der Waals surface area contributed by atoms with Gasteiger partial charge < -0.3 is 18.9 Å². The second-order valence-corrected chi connectivity index (χ2v) is 6.75. The zero-order valence-electron chi connectivity index (χ0n) is 17.4. The molecule has 0 unspecified atom stereocenters. The Morgan fingerprint density at radius 1 is 0.828 bits per heavy atom. The highest BCUT2D eigenvalue weighted by molar-refractivity contribution is 5.87. The van der Waals surface area contributed by atoms with Crippen LogP contribution in [-0.4, -0.2) is 34.2 Å². The largest absolute Gasteiger partial charge is 0.493 e. The molecule has 2 aromatic carbocycles. The molecule has 0 saturated carbocycles. The molecule has 0 fully saturated rings. The average molecular weight is 396 g/mol. The summed E-state index contributed by atoms with van der Waals surface area (Å²) in [5.41, 5.74) is 2.05. The van der Waals surface area contributed by atoms with E-state index >= 15 is 0 Å². The molecule has 0 spiro atoms. The molecule has 0 amide bonds. The second kappa shape index (κ2) is 8.82. The lowest BCUT2D eigenvalue weighted by atomic mass is 10.0. The van der Waals surface area contributed by atoms with Crippen molar-refractivity contribution in [3.8, 4) is 23.0 Å². The van der Waals surface area contributed by atoms with E-state index in [9.17, 15) is 4.79 Å². The van der Waals surface area contributed by atoms with Gasteiger partial charge in [0.05, 0.1) is 40.2 Å². The van der Waals surface area contributed by atoms with E-state index in [0.29, 0.717) is 36.0 Å². The third-order valence-electron chi connectivity index (χ3n) is 4.86. The van der Waals surface area contributed by atoms with Crippen molar-refractivity contribution in [2.24, 2.45) is 0 Å². The first-order chi connectivity index (χ1) is 14.0. The number of ether oxygens (including phenoxy) is 4. The van der Waals surface area contributed by atoms with E-state index in [2.05, 4.69) is 0 Å². The van der Waals surface area contributed by atoms with Crippen LogP contribution in [-0.2, 0) is 17.8 Å². The molecule has 29 heavy (non-hydrogen) atoms. The van der Waals surface area contributed by atoms with Crippen molar-refractivity contribution in [3.63, 3.8) is 0 Å². The molecule has 0 radical (unpaired) electrons. The fourth-order valence-electron chi connectivity index (χ4n) is 3.47. The summed E-state index contributed by atoms with van der Waals surface area (Å²) in [7, 11) is 6.46. The number of rotatable bonds is 8. The molecule has 6 heteroatoms. The van der Waals surface area contributed by atoms with Crippen molar-refractivity contribution in [2.75, 3.05) is 28.4 Å². The van der Waals surface area contributed by atoms with Crippen LogP contribution in [0, 0.1) is 0 Å². The highest BCUT2D eigenvalue weighted by Gasteiger charge is 2.20. The van der Waals surface area contributed by atoms with Gasteiger partial charge >= 0.3 is 0 Å². The number of carbonyl (C=O) groups excluding carboxylic acids is 1. The van der Waals surface area contributed by atoms with E-state index in [0.717, 1.165) is 22.0 Å². The summed E-state index contributed by atoms with van der Waals surface area (Å²) in [5.74, 6) is 2.75. The van der Waals surface area contributed by atoms with Crippen molar-refractivity contribution >= 4 is 16.6 Å². The van der Waals surface area contributed by atoms with Gasteiger partial charge in [-0.25, -0.2) is 0 Å². The first kappa shape index (κ1) is 20.5. The monoisotopic (exact) mass is 396 g/mol. The lowest BCUT2D eigenvalue weighted by Gasteiger charge is -2.13. The van der Waals surface area contributed by atoms with Crippen LogP contribution < -0.4 is 23.5 Å². The Kier molecular flexibility index (Phi) is 6.22. The normalized spacial score (nSPS) is 10.7. The zero-order chi connectivity index (χ0) is 21.0. The Morgan fingerprint density at radius 2 is 1.45 bits per heavy atom. The first-order valence-corrected chi connectivity index (χ1v) is 9.28. The molecule has 152 valence electrons. The van der Waals surface area contributed by atoms with Crippen LogP contribution in [0.2, 0.25) is 0 Å². The number of nitrogens with zero attached hydrogens (tertiary/aromatic N) is 1. The number of ketones is 1. The molecule has 6 nitrogen and oxygen atoms in total. The molecular formula is C23H26NO5+. The summed E-state index contributed by atoms with van der Waals surface area (Å²) in [6.45, 7) is 1.89. The lowest BCUT2D eigenvalue weighted by Crippen LogP contribution is -2.41. The summed E-state index contributed by atoms with van der Waals surface area (Å²) in [5, 5.41) is 2.01. The van der Waals surface area contributed by atoms with Gasteiger partial charge in [0.2, 0.25) is 6.54 Å². The molecule has 0 aliphatic carbocycles. The van der Waals surface area contributed by atoms with Crippen LogP contribution >= 0.6 is 0 Å². The maximum atomic E-state index is 11.9. The van der Waals surface area contributed by atoms with Crippen LogP contribution in [0.15, 0.2) is 42.6 Å². The number of pyridine rings is 1. The van der Waals surface area contributed by atoms with Gasteiger partial charge in [-0.05, 0) is 35.2 Å². The van der Waals surface area contributed by atoms with Crippen molar-refractivity contribution in [2.45, 2.75) is 19.9 Å². The Hall–Kier alpha value is -3.28. The van der Waals surface area contributed by atoms with Crippen LogP contribution in [0.3, 0.4) is 0 Å². The maximum Gasteiger partial charge on any atom is 0.206 e. The summed E-state index contributed by atoms with van der Waals surface area (Å²) in [4.78, 5) is 11.9. The van der Waals surface area contributed by atoms with Gasteiger partial charge in [-0.15, -0.1) is 0 Å². The van der Waals surface area contributed by atoms with Crippen LogP contribution in [0.25, 0.3) is 10.8 Å². The summed E-state index contributed by atoms with van der Waals surface area (Å²) in [6, 6.07) is 11.7. The van der Waals surface area contributed by atoms with Crippen LogP contribution in [0.5, 0.6) is 23.0 Å². The van der Waals surface area contributed by atoms with Crippen molar-refractivity contribution in [1.82, 2.24) is 0 Å². The molecule has 0 bridgehead atoms. The van der Waals surface area contributed by atoms with E-state index in [4.69, 9.17) is 18.9 Å². The Morgan fingerprint density at radius 3 is 2.07 bits per heavy atom. The third-order valence-corrected chi connectivity index (χ3v) is 4.86. The molecule has 1 heterocycles. The van der Waals surface area contributed by atoms with Gasteiger partial charge in [0.1, 0.15) is 0 Å². The standard InChI is InChI=1S/C23H26NO5/c1-15(25)14-24-9-8-17-12-22(28-4)23(29-5)13-18(17)19(24)10-16-6-7-20(26-2)21(11-16)27-3/h6-9,11-13H,10,14H2,1-5H3/q+1. The number of benzene rings is 2. The number of hydrogen-bond acceptors (Lipinski definition) is 5. The highest BCUT2D eigenvalue weighted by atomic mass is 16.5. The van der Waals surface area contributed by atoms with E-state index in [1.54, 1.807) is 35.4 Å². The van der Waals surface area contributed by atoms with Gasteiger partial charge in [0.25, 0.3) is 0 Å². The number of aromatic nitrogens is 1. The minimum Gasteiger partial charge on any atom is -0.493 e. The molecule has 3 rings (SSSR count). The molecule has 0 N–H and O–H groups in total. The maximum absolute atomic E-state index is 11.9. The molecule has 0 saturated heterocycles. The second-order valence-electron chi connectivity index (χ2n) is 6.75. The van der Waals surface area contributed by atoms with E-state index in [1.165, 1.54) is 0 Å². The number of methoxy groups -OCH3 is 4. The molecule has 0 atom stereocenters. The van der Waals surface area contributed by atoms with Crippen LogP contribution in [0.4, 0.5) is 0 Å². The number of carbonyl (C=O) groups is 1. The fraction of sp³-hybridized carbons (Fsp3) is 0.304. The average Bonchev–Trinajstić information content (AvgIpc) is 2.73. The SMILES string of the molecule is COc1ccc(Cc2c3cc(OC)c(OC)cc3cc[n+]2CC(C)=O)cc1OC. The Bertz CT molecular complexity index is 1050. The summed E-state index contributed by atoms with van der Waals surface area (Å²) >= 11 is 0. The molecule has 0 aliphatic heterocycles. The highest BCUT2D eigenvalue weighted by Crippen LogP contribution is 2.34. The number of Topliss-reactive ketones (excluding diaryl/α,β-unsaturated/α-hetero) is 1. The summed E-state index contributed by atoms with van der Waals surface area (Å²) < 4.78 is 23.7. The van der Waals surface area contributed by atoms with Gasteiger partial charge in [-0.2, -0.15) is 4.57 Å². The topological polar surface area (TPSA) is 57.9 Å². The Balaban J connectivity index is 2.18. The van der Waals surface area contributed by atoms with Gasteiger partial charge in [0.15, 0.2) is 40.7 Å². The van der Waals surface area contributed by atoms with Crippen molar-refractivity contribution in [1.29, 1.82) is 0 Å². The zero-order valence-corrected chi connectivity index (χ0v) is 17.4. The lowest BCUT2D eigenvalue weighted by molar-refractivity contribution is -0.689.